The van der Waals surface area contributed by atoms with Gasteiger partial charge >= 0.3 is 0 Å². The Labute approximate surface area is 168 Å². The van der Waals surface area contributed by atoms with E-state index in [1.165, 1.54) is 30.0 Å². The number of carbonyl (C=O) groups excluding carboxylic acids is 1. The second kappa shape index (κ2) is 9.30. The van der Waals surface area contributed by atoms with Gasteiger partial charge in [-0.05, 0) is 68.8 Å². The molecule has 1 unspecified atom stereocenters. The lowest BCUT2D eigenvalue weighted by Gasteiger charge is -2.22. The van der Waals surface area contributed by atoms with Gasteiger partial charge in [-0.1, -0.05) is 18.7 Å². The summed E-state index contributed by atoms with van der Waals surface area (Å²) in [6, 6.07) is 10.8. The SMILES string of the molecule is CCN1CCCC1CCC(=O)c1ccc(Sc2ccc(F)cc2)c([N+](=O)[O-])c1. The van der Waals surface area contributed by atoms with E-state index in [9.17, 15) is 19.3 Å². The molecule has 1 atom stereocenters. The van der Waals surface area contributed by atoms with Gasteiger partial charge < -0.3 is 4.90 Å². The van der Waals surface area contributed by atoms with Crippen LogP contribution in [0.4, 0.5) is 10.1 Å². The standard InChI is InChI=1S/C21H23FN2O3S/c1-2-23-13-3-4-17(23)8-11-20(25)15-5-12-21(19(14-15)24(26)27)28-18-9-6-16(22)7-10-18/h5-7,9-10,12,14,17H,2-4,8,11,13H2,1H3. The highest BCUT2D eigenvalue weighted by molar-refractivity contribution is 7.99. The minimum atomic E-state index is -0.474. The molecule has 0 aromatic heterocycles. The summed E-state index contributed by atoms with van der Waals surface area (Å²) in [5, 5.41) is 11.5. The number of likely N-dealkylation sites (tertiary alicyclic amines) is 1. The number of nitro benzene ring substituents is 1. The van der Waals surface area contributed by atoms with Gasteiger partial charge in [-0.15, -0.1) is 0 Å². The molecule has 0 aliphatic carbocycles. The van der Waals surface area contributed by atoms with Crippen molar-refractivity contribution in [1.82, 2.24) is 4.90 Å². The summed E-state index contributed by atoms with van der Waals surface area (Å²) in [5.41, 5.74) is 0.271. The molecule has 0 amide bonds. The van der Waals surface area contributed by atoms with Crippen LogP contribution in [-0.4, -0.2) is 34.7 Å². The first-order valence-electron chi connectivity index (χ1n) is 9.47. The van der Waals surface area contributed by atoms with E-state index < -0.39 is 4.92 Å². The largest absolute Gasteiger partial charge is 0.301 e. The third-order valence-corrected chi connectivity index (χ3v) is 6.20. The van der Waals surface area contributed by atoms with Crippen molar-refractivity contribution < 1.29 is 14.1 Å². The number of nitro groups is 1. The number of nitrogens with zero attached hydrogens (tertiary/aromatic N) is 2. The minimum absolute atomic E-state index is 0.0654. The molecule has 0 radical (unpaired) electrons. The molecule has 3 rings (SSSR count). The number of hydrogen-bond donors (Lipinski definition) is 0. The van der Waals surface area contributed by atoms with Crippen molar-refractivity contribution in [2.45, 2.75) is 48.4 Å². The Morgan fingerprint density at radius 1 is 1.29 bits per heavy atom. The Bertz CT molecular complexity index is 857. The van der Waals surface area contributed by atoms with Crippen LogP contribution in [0.15, 0.2) is 52.3 Å². The molecule has 28 heavy (non-hydrogen) atoms. The number of rotatable bonds is 8. The zero-order valence-corrected chi connectivity index (χ0v) is 16.6. The number of ketones is 1. The molecule has 1 aliphatic rings. The van der Waals surface area contributed by atoms with E-state index in [0.29, 0.717) is 27.8 Å². The zero-order chi connectivity index (χ0) is 20.1. The molecule has 0 saturated carbocycles. The fourth-order valence-electron chi connectivity index (χ4n) is 3.63. The predicted molar refractivity (Wildman–Crippen MR) is 107 cm³/mol. The van der Waals surface area contributed by atoms with Crippen LogP contribution in [0, 0.1) is 15.9 Å². The third-order valence-electron chi connectivity index (χ3n) is 5.13. The highest BCUT2D eigenvalue weighted by Crippen LogP contribution is 2.35. The van der Waals surface area contributed by atoms with E-state index in [0.717, 1.165) is 32.4 Å². The lowest BCUT2D eigenvalue weighted by molar-refractivity contribution is -0.387. The quantitative estimate of drug-likeness (QED) is 0.339. The second-order valence-corrected chi connectivity index (χ2v) is 8.00. The van der Waals surface area contributed by atoms with Gasteiger partial charge in [0, 0.05) is 29.0 Å². The van der Waals surface area contributed by atoms with Crippen LogP contribution >= 0.6 is 11.8 Å². The average molecular weight is 402 g/mol. The Morgan fingerprint density at radius 3 is 2.71 bits per heavy atom. The highest BCUT2D eigenvalue weighted by atomic mass is 32.2. The van der Waals surface area contributed by atoms with E-state index in [4.69, 9.17) is 0 Å². The van der Waals surface area contributed by atoms with Gasteiger partial charge in [0.25, 0.3) is 5.69 Å². The van der Waals surface area contributed by atoms with Crippen molar-refractivity contribution >= 4 is 23.2 Å². The Balaban J connectivity index is 1.71. The van der Waals surface area contributed by atoms with Crippen molar-refractivity contribution in [1.29, 1.82) is 0 Å². The molecule has 1 saturated heterocycles. The van der Waals surface area contributed by atoms with Gasteiger partial charge in [0.05, 0.1) is 9.82 Å². The fourth-order valence-corrected chi connectivity index (χ4v) is 4.53. The van der Waals surface area contributed by atoms with Crippen LogP contribution in [0.3, 0.4) is 0 Å². The monoisotopic (exact) mass is 402 g/mol. The van der Waals surface area contributed by atoms with Crippen LogP contribution in [-0.2, 0) is 0 Å². The van der Waals surface area contributed by atoms with Crippen molar-refractivity contribution in [2.75, 3.05) is 13.1 Å². The predicted octanol–water partition coefficient (Wildman–Crippen LogP) is 5.33. The molecule has 148 valence electrons. The number of benzene rings is 2. The van der Waals surface area contributed by atoms with Crippen LogP contribution in [0.1, 0.15) is 43.0 Å². The summed E-state index contributed by atoms with van der Waals surface area (Å²) in [6.45, 7) is 4.19. The van der Waals surface area contributed by atoms with Gasteiger partial charge in [-0.2, -0.15) is 0 Å². The first-order chi connectivity index (χ1) is 13.5. The molecular formula is C21H23FN2O3S. The molecule has 2 aromatic carbocycles. The maximum absolute atomic E-state index is 13.0. The van der Waals surface area contributed by atoms with Crippen molar-refractivity contribution in [3.63, 3.8) is 0 Å². The summed E-state index contributed by atoms with van der Waals surface area (Å²) < 4.78 is 13.0. The van der Waals surface area contributed by atoms with Gasteiger partial charge in [0.2, 0.25) is 0 Å². The summed E-state index contributed by atoms with van der Waals surface area (Å²) in [5.74, 6) is -0.423. The molecule has 0 spiro atoms. The van der Waals surface area contributed by atoms with E-state index >= 15 is 0 Å². The Kier molecular flexibility index (Phi) is 6.80. The zero-order valence-electron chi connectivity index (χ0n) is 15.8. The topological polar surface area (TPSA) is 63.5 Å². The smallest absolute Gasteiger partial charge is 0.283 e. The lowest BCUT2D eigenvalue weighted by atomic mass is 10.0. The molecule has 1 heterocycles. The van der Waals surface area contributed by atoms with Gasteiger partial charge in [-0.3, -0.25) is 14.9 Å². The van der Waals surface area contributed by atoms with Crippen LogP contribution in [0.25, 0.3) is 0 Å². The summed E-state index contributed by atoms with van der Waals surface area (Å²) in [6.07, 6.45) is 3.44. The van der Waals surface area contributed by atoms with E-state index in [2.05, 4.69) is 11.8 Å². The normalized spacial score (nSPS) is 17.0. The van der Waals surface area contributed by atoms with E-state index in [-0.39, 0.29) is 17.3 Å². The molecule has 7 heteroatoms. The number of hydrogen-bond acceptors (Lipinski definition) is 5. The van der Waals surface area contributed by atoms with Crippen LogP contribution < -0.4 is 0 Å². The molecule has 1 aliphatic heterocycles. The summed E-state index contributed by atoms with van der Waals surface area (Å²) >= 11 is 1.18. The Morgan fingerprint density at radius 2 is 2.04 bits per heavy atom. The molecule has 1 fully saturated rings. The molecule has 2 aromatic rings. The third kappa shape index (κ3) is 4.97. The van der Waals surface area contributed by atoms with E-state index in [1.54, 1.807) is 24.3 Å². The second-order valence-electron chi connectivity index (χ2n) is 6.88. The molecular weight excluding hydrogens is 379 g/mol. The summed E-state index contributed by atoms with van der Waals surface area (Å²) in [4.78, 5) is 27.1. The van der Waals surface area contributed by atoms with Crippen LogP contribution in [0.2, 0.25) is 0 Å². The fraction of sp³-hybridized carbons (Fsp3) is 0.381. The van der Waals surface area contributed by atoms with Gasteiger partial charge in [0.15, 0.2) is 5.78 Å². The van der Waals surface area contributed by atoms with Crippen LogP contribution in [0.5, 0.6) is 0 Å². The van der Waals surface area contributed by atoms with Gasteiger partial charge in [0.1, 0.15) is 5.82 Å². The lowest BCUT2D eigenvalue weighted by Crippen LogP contribution is -2.29. The number of carbonyl (C=O) groups is 1. The number of Topliss-reactive ketones (excluding diaryl/α,β-unsaturated/α-hetero) is 1. The number of halogens is 1. The summed E-state index contributed by atoms with van der Waals surface area (Å²) in [7, 11) is 0. The maximum atomic E-state index is 13.0. The minimum Gasteiger partial charge on any atom is -0.301 e. The van der Waals surface area contributed by atoms with Gasteiger partial charge in [-0.25, -0.2) is 4.39 Å². The molecule has 5 nitrogen and oxygen atoms in total. The van der Waals surface area contributed by atoms with Crippen molar-refractivity contribution in [3.8, 4) is 0 Å². The van der Waals surface area contributed by atoms with E-state index in [1.807, 2.05) is 0 Å². The molecule has 0 N–H and O–H groups in total. The molecule has 0 bridgehead atoms. The highest BCUT2D eigenvalue weighted by Gasteiger charge is 2.24. The van der Waals surface area contributed by atoms with Crippen molar-refractivity contribution in [2.24, 2.45) is 0 Å². The first kappa shape index (κ1) is 20.5. The maximum Gasteiger partial charge on any atom is 0.283 e. The van der Waals surface area contributed by atoms with Crippen molar-refractivity contribution in [3.05, 3.63) is 64.0 Å². The first-order valence-corrected chi connectivity index (χ1v) is 10.3. The average Bonchev–Trinajstić information content (AvgIpc) is 3.15. The Hall–Kier alpha value is -2.25.